The Labute approximate surface area is 125 Å². The fourth-order valence-electron chi connectivity index (χ4n) is 2.42. The molecule has 21 heavy (non-hydrogen) atoms. The van der Waals surface area contributed by atoms with Crippen LogP contribution in [0.1, 0.15) is 32.9 Å². The van der Waals surface area contributed by atoms with Gasteiger partial charge >= 0.3 is 0 Å². The summed E-state index contributed by atoms with van der Waals surface area (Å²) in [6, 6.07) is 7.40. The van der Waals surface area contributed by atoms with Gasteiger partial charge in [0.25, 0.3) is 5.91 Å². The van der Waals surface area contributed by atoms with Crippen LogP contribution >= 0.6 is 0 Å². The number of nitrogens with zero attached hydrogens (tertiary/aromatic N) is 2. The monoisotopic (exact) mass is 286 g/mol. The molecule has 2 aromatic rings. The lowest BCUT2D eigenvalue weighted by molar-refractivity contribution is 0.0954. The highest BCUT2D eigenvalue weighted by atomic mass is 16.1. The number of amides is 1. The zero-order valence-electron chi connectivity index (χ0n) is 12.8. The number of hydrogen-bond donors (Lipinski definition) is 2. The van der Waals surface area contributed by atoms with Crippen LogP contribution in [0, 0.1) is 13.8 Å². The predicted octanol–water partition coefficient (Wildman–Crippen LogP) is 1.47. The number of aryl methyl sites for hydroxylation is 2. The second-order valence-electron chi connectivity index (χ2n) is 5.18. The summed E-state index contributed by atoms with van der Waals surface area (Å²) >= 11 is 0. The summed E-state index contributed by atoms with van der Waals surface area (Å²) in [6.07, 6.45) is 0.786. The molecule has 2 rings (SSSR count). The van der Waals surface area contributed by atoms with Crippen molar-refractivity contribution >= 4 is 5.91 Å². The minimum atomic E-state index is -0.0653. The maximum absolute atomic E-state index is 12.1. The van der Waals surface area contributed by atoms with Crippen molar-refractivity contribution < 1.29 is 4.79 Å². The summed E-state index contributed by atoms with van der Waals surface area (Å²) in [7, 11) is 1.93. The van der Waals surface area contributed by atoms with Crippen LogP contribution in [0.2, 0.25) is 0 Å². The predicted molar refractivity (Wildman–Crippen MR) is 83.1 cm³/mol. The Morgan fingerprint density at radius 2 is 2.14 bits per heavy atom. The molecule has 1 aromatic heterocycles. The lowest BCUT2D eigenvalue weighted by Gasteiger charge is -2.07. The number of rotatable bonds is 5. The molecule has 5 heteroatoms. The van der Waals surface area contributed by atoms with Gasteiger partial charge in [-0.25, -0.2) is 0 Å². The third-order valence-electron chi connectivity index (χ3n) is 3.74. The largest absolute Gasteiger partial charge is 0.352 e. The molecule has 1 amide bonds. The van der Waals surface area contributed by atoms with Gasteiger partial charge in [-0.15, -0.1) is 0 Å². The Morgan fingerprint density at radius 3 is 2.76 bits per heavy atom. The summed E-state index contributed by atoms with van der Waals surface area (Å²) in [6.45, 7) is 5.07. The van der Waals surface area contributed by atoms with Gasteiger partial charge in [0.1, 0.15) is 0 Å². The fourth-order valence-corrected chi connectivity index (χ4v) is 2.42. The van der Waals surface area contributed by atoms with Gasteiger partial charge in [-0.2, -0.15) is 5.10 Å². The number of hydrogen-bond acceptors (Lipinski definition) is 3. The molecule has 112 valence electrons. The Morgan fingerprint density at radius 1 is 1.38 bits per heavy atom. The summed E-state index contributed by atoms with van der Waals surface area (Å²) in [4.78, 5) is 12.1. The molecule has 0 bridgehead atoms. The van der Waals surface area contributed by atoms with Crippen molar-refractivity contribution in [1.29, 1.82) is 0 Å². The van der Waals surface area contributed by atoms with Crippen molar-refractivity contribution in [3.05, 3.63) is 52.3 Å². The summed E-state index contributed by atoms with van der Waals surface area (Å²) < 4.78 is 1.87. The van der Waals surface area contributed by atoms with Crippen LogP contribution in [-0.4, -0.2) is 22.2 Å². The number of carbonyl (C=O) groups is 1. The first-order chi connectivity index (χ1) is 10.0. The van der Waals surface area contributed by atoms with Crippen molar-refractivity contribution in [1.82, 2.24) is 15.1 Å². The molecule has 0 saturated carbocycles. The van der Waals surface area contributed by atoms with E-state index in [2.05, 4.69) is 10.4 Å². The van der Waals surface area contributed by atoms with Gasteiger partial charge in [-0.05, 0) is 43.5 Å². The maximum Gasteiger partial charge on any atom is 0.251 e. The molecular formula is C16H22N4O. The first-order valence-corrected chi connectivity index (χ1v) is 7.09. The number of nitrogens with one attached hydrogen (secondary N) is 1. The zero-order valence-corrected chi connectivity index (χ0v) is 12.8. The van der Waals surface area contributed by atoms with Gasteiger partial charge in [0.15, 0.2) is 0 Å². The van der Waals surface area contributed by atoms with E-state index in [1.807, 2.05) is 43.8 Å². The van der Waals surface area contributed by atoms with E-state index in [1.54, 1.807) is 6.07 Å². The Bertz CT molecular complexity index is 646. The van der Waals surface area contributed by atoms with Crippen LogP contribution < -0.4 is 11.1 Å². The molecule has 0 radical (unpaired) electrons. The maximum atomic E-state index is 12.1. The van der Waals surface area contributed by atoms with Crippen LogP contribution in [0.4, 0.5) is 0 Å². The molecule has 0 spiro atoms. The van der Waals surface area contributed by atoms with Crippen molar-refractivity contribution in [2.75, 3.05) is 6.54 Å². The molecule has 0 aliphatic heterocycles. The van der Waals surface area contributed by atoms with Gasteiger partial charge in [0.2, 0.25) is 0 Å². The molecule has 0 atom stereocenters. The first-order valence-electron chi connectivity index (χ1n) is 7.09. The van der Waals surface area contributed by atoms with Gasteiger partial charge in [-0.3, -0.25) is 9.48 Å². The molecule has 0 fully saturated rings. The highest BCUT2D eigenvalue weighted by molar-refractivity contribution is 5.94. The first kappa shape index (κ1) is 15.3. The topological polar surface area (TPSA) is 72.9 Å². The minimum Gasteiger partial charge on any atom is -0.352 e. The number of aromatic nitrogens is 2. The van der Waals surface area contributed by atoms with E-state index in [0.717, 1.165) is 23.4 Å². The number of carbonyl (C=O) groups excluding carboxylic acids is 1. The van der Waals surface area contributed by atoms with Gasteiger partial charge in [0.05, 0.1) is 5.69 Å². The number of nitrogens with two attached hydrogens (primary N) is 1. The SMILES string of the molecule is Cc1nn(C)c(C)c1CCNC(=O)c1cccc(CN)c1. The van der Waals surface area contributed by atoms with Crippen LogP contribution in [0.25, 0.3) is 0 Å². The number of benzene rings is 1. The molecule has 1 heterocycles. The average molecular weight is 286 g/mol. The van der Waals surface area contributed by atoms with E-state index in [0.29, 0.717) is 18.7 Å². The molecule has 1 aromatic carbocycles. The Hall–Kier alpha value is -2.14. The van der Waals surface area contributed by atoms with Crippen molar-refractivity contribution in [2.24, 2.45) is 12.8 Å². The van der Waals surface area contributed by atoms with Crippen LogP contribution in [0.3, 0.4) is 0 Å². The molecule has 0 aliphatic rings. The third-order valence-corrected chi connectivity index (χ3v) is 3.74. The normalized spacial score (nSPS) is 10.7. The van der Waals surface area contributed by atoms with E-state index < -0.39 is 0 Å². The van der Waals surface area contributed by atoms with Crippen LogP contribution in [0.5, 0.6) is 0 Å². The highest BCUT2D eigenvalue weighted by Crippen LogP contribution is 2.12. The standard InChI is InChI=1S/C16H22N4O/c1-11-15(12(2)20(3)19-11)7-8-18-16(21)14-6-4-5-13(9-14)10-17/h4-6,9H,7-8,10,17H2,1-3H3,(H,18,21). The molecule has 5 nitrogen and oxygen atoms in total. The third kappa shape index (κ3) is 3.49. The van der Waals surface area contributed by atoms with Gasteiger partial charge in [-0.1, -0.05) is 12.1 Å². The van der Waals surface area contributed by atoms with Crippen LogP contribution in [0.15, 0.2) is 24.3 Å². The highest BCUT2D eigenvalue weighted by Gasteiger charge is 2.10. The van der Waals surface area contributed by atoms with Gasteiger partial charge in [0, 0.05) is 31.4 Å². The van der Waals surface area contributed by atoms with Crippen molar-refractivity contribution in [2.45, 2.75) is 26.8 Å². The van der Waals surface area contributed by atoms with E-state index in [9.17, 15) is 4.79 Å². The van der Waals surface area contributed by atoms with Crippen LogP contribution in [-0.2, 0) is 20.0 Å². The lowest BCUT2D eigenvalue weighted by Crippen LogP contribution is -2.26. The quantitative estimate of drug-likeness (QED) is 0.874. The Kier molecular flexibility index (Phi) is 4.75. The smallest absolute Gasteiger partial charge is 0.251 e. The summed E-state index contributed by atoms with van der Waals surface area (Å²) in [5, 5.41) is 7.32. The lowest BCUT2D eigenvalue weighted by atomic mass is 10.1. The summed E-state index contributed by atoms with van der Waals surface area (Å²) in [5.74, 6) is -0.0653. The van der Waals surface area contributed by atoms with Gasteiger partial charge < -0.3 is 11.1 Å². The molecular weight excluding hydrogens is 264 g/mol. The molecule has 0 unspecified atom stereocenters. The molecule has 0 saturated heterocycles. The van der Waals surface area contributed by atoms with Crippen molar-refractivity contribution in [3.63, 3.8) is 0 Å². The van der Waals surface area contributed by atoms with E-state index in [-0.39, 0.29) is 5.91 Å². The molecule has 0 aliphatic carbocycles. The zero-order chi connectivity index (χ0) is 15.4. The van der Waals surface area contributed by atoms with Crippen molar-refractivity contribution in [3.8, 4) is 0 Å². The minimum absolute atomic E-state index is 0.0653. The fraction of sp³-hybridized carbons (Fsp3) is 0.375. The second kappa shape index (κ2) is 6.54. The van der Waals surface area contributed by atoms with E-state index >= 15 is 0 Å². The average Bonchev–Trinajstić information content (AvgIpc) is 2.73. The van der Waals surface area contributed by atoms with E-state index in [4.69, 9.17) is 5.73 Å². The van der Waals surface area contributed by atoms with E-state index in [1.165, 1.54) is 5.56 Å². The molecule has 3 N–H and O–H groups in total. The Balaban J connectivity index is 1.95. The second-order valence-corrected chi connectivity index (χ2v) is 5.18. The summed E-state index contributed by atoms with van der Waals surface area (Å²) in [5.41, 5.74) is 10.6.